The predicted molar refractivity (Wildman–Crippen MR) is 155 cm³/mol. The summed E-state index contributed by atoms with van der Waals surface area (Å²) < 4.78 is 44.0. The molecule has 0 fully saturated rings. The molecule has 0 radical (unpaired) electrons. The average molecular weight is 569 g/mol. The van der Waals surface area contributed by atoms with Crippen LogP contribution in [0.15, 0.2) is 54.6 Å². The molecular formula is C30H36N2O7S. The normalized spacial score (nSPS) is 12.3. The Hall–Kier alpha value is -3.76. The summed E-state index contributed by atoms with van der Waals surface area (Å²) in [6.07, 6.45) is 4.08. The molecule has 0 atom stereocenters. The van der Waals surface area contributed by atoms with Crippen molar-refractivity contribution in [2.75, 3.05) is 35.8 Å². The fraction of sp³-hybridized carbons (Fsp3) is 0.367. The Bertz CT molecular complexity index is 1460. The highest BCUT2D eigenvalue weighted by atomic mass is 32.2. The van der Waals surface area contributed by atoms with E-state index in [2.05, 4.69) is 5.32 Å². The molecule has 2 N–H and O–H groups in total. The molecule has 40 heavy (non-hydrogen) atoms. The maximum Gasteiger partial charge on any atom is 0.255 e. The Balaban J connectivity index is 1.61. The van der Waals surface area contributed by atoms with Gasteiger partial charge < -0.3 is 24.6 Å². The molecule has 214 valence electrons. The van der Waals surface area contributed by atoms with Crippen LogP contribution in [0.3, 0.4) is 0 Å². The zero-order valence-electron chi connectivity index (χ0n) is 23.1. The smallest absolute Gasteiger partial charge is 0.255 e. The Morgan fingerprint density at radius 1 is 0.975 bits per heavy atom. The fourth-order valence-electron chi connectivity index (χ4n) is 4.45. The van der Waals surface area contributed by atoms with Crippen LogP contribution in [0.2, 0.25) is 0 Å². The molecule has 0 saturated carbocycles. The first kappa shape index (κ1) is 29.2. The van der Waals surface area contributed by atoms with Crippen LogP contribution >= 0.6 is 0 Å². The summed E-state index contributed by atoms with van der Waals surface area (Å²) in [5.74, 6) is 1.07. The Kier molecular flexibility index (Phi) is 9.54. The van der Waals surface area contributed by atoms with Crippen molar-refractivity contribution in [3.8, 4) is 17.2 Å². The first-order chi connectivity index (χ1) is 19.2. The highest BCUT2D eigenvalue weighted by Crippen LogP contribution is 2.36. The number of aryl methyl sites for hydroxylation is 2. The predicted octanol–water partition coefficient (Wildman–Crippen LogP) is 5.18. The number of unbranched alkanes of at least 4 members (excludes halogenated alkanes) is 3. The third-order valence-corrected chi connectivity index (χ3v) is 7.86. The van der Waals surface area contributed by atoms with E-state index < -0.39 is 10.0 Å². The van der Waals surface area contributed by atoms with Crippen LogP contribution in [0.25, 0.3) is 0 Å². The molecule has 1 aliphatic heterocycles. The van der Waals surface area contributed by atoms with Crippen molar-refractivity contribution < 1.29 is 32.5 Å². The first-order valence-corrected chi connectivity index (χ1v) is 15.1. The van der Waals surface area contributed by atoms with Gasteiger partial charge in [-0.3, -0.25) is 9.10 Å². The van der Waals surface area contributed by atoms with Gasteiger partial charge in [0.05, 0.1) is 11.9 Å². The molecule has 10 heteroatoms. The third-order valence-electron chi connectivity index (χ3n) is 6.68. The third kappa shape index (κ3) is 7.45. The number of carbonyl (C=O) groups excluding carboxylic acids is 1. The number of rotatable bonds is 13. The van der Waals surface area contributed by atoms with Gasteiger partial charge in [-0.1, -0.05) is 36.6 Å². The molecule has 3 aromatic carbocycles. The number of nitrogens with one attached hydrogen (secondary N) is 1. The van der Waals surface area contributed by atoms with Crippen LogP contribution in [-0.2, 0) is 16.6 Å². The molecule has 4 rings (SSSR count). The summed E-state index contributed by atoms with van der Waals surface area (Å²) in [4.78, 5) is 13.0. The number of aliphatic hydroxyl groups excluding tert-OH is 1. The maximum absolute atomic E-state index is 13.0. The van der Waals surface area contributed by atoms with E-state index in [1.54, 1.807) is 36.4 Å². The zero-order chi connectivity index (χ0) is 28.7. The topological polar surface area (TPSA) is 114 Å². The molecule has 0 spiro atoms. The van der Waals surface area contributed by atoms with Crippen LogP contribution in [0.4, 0.5) is 11.4 Å². The molecule has 1 heterocycles. The van der Waals surface area contributed by atoms with E-state index in [9.17, 15) is 13.2 Å². The van der Waals surface area contributed by atoms with Crippen LogP contribution in [0.5, 0.6) is 17.2 Å². The minimum atomic E-state index is -3.62. The van der Waals surface area contributed by atoms with Gasteiger partial charge in [0.15, 0.2) is 11.5 Å². The van der Waals surface area contributed by atoms with E-state index >= 15 is 0 Å². The number of nitrogens with zero attached hydrogens (tertiary/aromatic N) is 1. The van der Waals surface area contributed by atoms with Crippen LogP contribution in [0, 0.1) is 13.8 Å². The quantitative estimate of drug-likeness (QED) is 0.273. The molecule has 0 bridgehead atoms. The van der Waals surface area contributed by atoms with E-state index in [4.69, 9.17) is 19.3 Å². The monoisotopic (exact) mass is 568 g/mol. The number of ether oxygens (including phenoxy) is 3. The first-order valence-electron chi connectivity index (χ1n) is 13.3. The van der Waals surface area contributed by atoms with Crippen LogP contribution < -0.4 is 23.8 Å². The molecule has 9 nitrogen and oxygen atoms in total. The van der Waals surface area contributed by atoms with E-state index in [-0.39, 0.29) is 32.5 Å². The zero-order valence-corrected chi connectivity index (χ0v) is 23.9. The molecule has 0 aliphatic carbocycles. The summed E-state index contributed by atoms with van der Waals surface area (Å²) in [5.41, 5.74) is 4.38. The van der Waals surface area contributed by atoms with Crippen molar-refractivity contribution in [1.29, 1.82) is 0 Å². The second-order valence-electron chi connectivity index (χ2n) is 9.90. The van der Waals surface area contributed by atoms with Crippen LogP contribution in [-0.4, -0.2) is 45.6 Å². The molecule has 3 aromatic rings. The van der Waals surface area contributed by atoms with Gasteiger partial charge >= 0.3 is 0 Å². The largest absolute Gasteiger partial charge is 0.487 e. The highest BCUT2D eigenvalue weighted by Gasteiger charge is 2.23. The fourth-order valence-corrected chi connectivity index (χ4v) is 5.42. The van der Waals surface area contributed by atoms with Crippen molar-refractivity contribution in [2.45, 2.75) is 46.1 Å². The van der Waals surface area contributed by atoms with Crippen molar-refractivity contribution in [1.82, 2.24) is 0 Å². The van der Waals surface area contributed by atoms with Gasteiger partial charge in [0.1, 0.15) is 12.4 Å². The van der Waals surface area contributed by atoms with Crippen molar-refractivity contribution in [3.63, 3.8) is 0 Å². The lowest BCUT2D eigenvalue weighted by molar-refractivity contribution is 0.102. The van der Waals surface area contributed by atoms with Crippen LogP contribution in [0.1, 0.15) is 52.7 Å². The van der Waals surface area contributed by atoms with Gasteiger partial charge in [-0.25, -0.2) is 8.42 Å². The summed E-state index contributed by atoms with van der Waals surface area (Å²) in [6.45, 7) is 4.73. The van der Waals surface area contributed by atoms with Crippen molar-refractivity contribution in [3.05, 3.63) is 76.9 Å². The minimum absolute atomic E-state index is 0.112. The molecule has 1 aliphatic rings. The molecule has 0 aromatic heterocycles. The molecule has 0 saturated heterocycles. The van der Waals surface area contributed by atoms with E-state index in [0.717, 1.165) is 29.5 Å². The summed E-state index contributed by atoms with van der Waals surface area (Å²) in [7, 11) is -3.62. The lowest BCUT2D eigenvalue weighted by Crippen LogP contribution is -2.31. The SMILES string of the molecule is Cc1ccc(C)c(COc2cc(NC(=O)c3ccc4c(c3)OCO4)ccc2N(CCCCCCO)S(C)(=O)=O)c1. The number of fused-ring (bicyclic) bond motifs is 1. The van der Waals surface area contributed by atoms with E-state index in [1.165, 1.54) is 10.6 Å². The van der Waals surface area contributed by atoms with Crippen molar-refractivity contribution in [2.24, 2.45) is 0 Å². The van der Waals surface area contributed by atoms with E-state index in [1.807, 2.05) is 32.0 Å². The average Bonchev–Trinajstić information content (AvgIpc) is 3.39. The maximum atomic E-state index is 13.0. The highest BCUT2D eigenvalue weighted by molar-refractivity contribution is 7.92. The van der Waals surface area contributed by atoms with Gasteiger partial charge in [-0.05, 0) is 68.1 Å². The molecule has 0 unspecified atom stereocenters. The number of anilines is 2. The number of hydrogen-bond acceptors (Lipinski definition) is 7. The number of amides is 1. The second kappa shape index (κ2) is 13.1. The number of carbonyl (C=O) groups is 1. The minimum Gasteiger partial charge on any atom is -0.487 e. The van der Waals surface area contributed by atoms with Crippen molar-refractivity contribution >= 4 is 27.3 Å². The standard InChI is InChI=1S/C30H36N2O7S/c1-21-8-9-22(2)24(16-21)19-37-28-18-25(31-30(34)23-10-13-27-29(17-23)39-20-38-27)11-12-26(28)32(40(3,35)36)14-6-4-5-7-15-33/h8-13,16-18,33H,4-7,14-15,19-20H2,1-3H3,(H,31,34). The molecular weight excluding hydrogens is 532 g/mol. The lowest BCUT2D eigenvalue weighted by atomic mass is 10.1. The Morgan fingerprint density at radius 3 is 2.52 bits per heavy atom. The summed E-state index contributed by atoms with van der Waals surface area (Å²) in [6, 6.07) is 16.0. The second-order valence-corrected chi connectivity index (χ2v) is 11.8. The summed E-state index contributed by atoms with van der Waals surface area (Å²) in [5, 5.41) is 11.9. The van der Waals surface area contributed by atoms with E-state index in [0.29, 0.717) is 47.0 Å². The van der Waals surface area contributed by atoms with Gasteiger partial charge in [0.25, 0.3) is 5.91 Å². The number of hydrogen-bond donors (Lipinski definition) is 2. The molecule has 1 amide bonds. The lowest BCUT2D eigenvalue weighted by Gasteiger charge is -2.25. The summed E-state index contributed by atoms with van der Waals surface area (Å²) >= 11 is 0. The number of benzene rings is 3. The number of sulfonamides is 1. The van der Waals surface area contributed by atoms with Gasteiger partial charge in [0, 0.05) is 30.5 Å². The Morgan fingerprint density at radius 2 is 1.75 bits per heavy atom. The van der Waals surface area contributed by atoms with Gasteiger partial charge in [-0.15, -0.1) is 0 Å². The Labute approximate surface area is 235 Å². The van der Waals surface area contributed by atoms with Gasteiger partial charge in [-0.2, -0.15) is 0 Å². The van der Waals surface area contributed by atoms with Gasteiger partial charge in [0.2, 0.25) is 16.8 Å². The number of aliphatic hydroxyl groups is 1.